The molecule has 7 heteroatoms. The minimum absolute atomic E-state index is 0.00248. The molecule has 0 radical (unpaired) electrons. The molecule has 0 aliphatic heterocycles. The molecule has 15 heavy (non-hydrogen) atoms. The first kappa shape index (κ1) is 10.2. The number of hydrogen-bond donors (Lipinski definition) is 0. The maximum atomic E-state index is 12.6. The summed E-state index contributed by atoms with van der Waals surface area (Å²) in [6, 6.07) is 0.797. The highest BCUT2D eigenvalue weighted by Gasteiger charge is 2.34. The Morgan fingerprint density at radius 2 is 2.07 bits per heavy atom. The number of fused-ring (bicyclic) bond motifs is 1. The van der Waals surface area contributed by atoms with E-state index in [4.69, 9.17) is 11.6 Å². The number of nitrogens with zero attached hydrogens (tertiary/aromatic N) is 3. The van der Waals surface area contributed by atoms with Gasteiger partial charge in [0.1, 0.15) is 5.15 Å². The van der Waals surface area contributed by atoms with Crippen LogP contribution in [0.1, 0.15) is 5.56 Å². The molecule has 0 amide bonds. The smallest absolute Gasteiger partial charge is 0.332 e. The van der Waals surface area contributed by atoms with Crippen molar-refractivity contribution in [3.63, 3.8) is 0 Å². The molecule has 0 aliphatic carbocycles. The van der Waals surface area contributed by atoms with Gasteiger partial charge in [0.05, 0.1) is 17.4 Å². The van der Waals surface area contributed by atoms with Crippen molar-refractivity contribution < 1.29 is 13.2 Å². The van der Waals surface area contributed by atoms with Crippen LogP contribution in [-0.2, 0) is 13.2 Å². The zero-order chi connectivity index (χ0) is 11.2. The fourth-order valence-corrected chi connectivity index (χ4v) is 1.54. The van der Waals surface area contributed by atoms with Crippen molar-refractivity contribution in [1.29, 1.82) is 0 Å². The average Bonchev–Trinajstić information content (AvgIpc) is 2.44. The fourth-order valence-electron chi connectivity index (χ4n) is 1.35. The summed E-state index contributed by atoms with van der Waals surface area (Å²) in [5.41, 5.74) is -0.887. The number of hydrogen-bond acceptors (Lipinski definition) is 2. The van der Waals surface area contributed by atoms with Crippen LogP contribution in [0.25, 0.3) is 11.2 Å². The molecule has 0 saturated carbocycles. The van der Waals surface area contributed by atoms with E-state index in [1.54, 1.807) is 0 Å². The second kappa shape index (κ2) is 3.10. The van der Waals surface area contributed by atoms with E-state index >= 15 is 0 Å². The van der Waals surface area contributed by atoms with Gasteiger partial charge in [-0.2, -0.15) is 13.2 Å². The van der Waals surface area contributed by atoms with Gasteiger partial charge in [0, 0.05) is 7.05 Å². The highest BCUT2D eigenvalue weighted by Crippen LogP contribution is 2.35. The Kier molecular flexibility index (Phi) is 2.11. The van der Waals surface area contributed by atoms with Gasteiger partial charge in [0.25, 0.3) is 0 Å². The van der Waals surface area contributed by atoms with Gasteiger partial charge in [-0.1, -0.05) is 11.6 Å². The number of halogens is 4. The summed E-state index contributed by atoms with van der Waals surface area (Å²) in [6.07, 6.45) is -3.19. The van der Waals surface area contributed by atoms with E-state index in [2.05, 4.69) is 9.97 Å². The van der Waals surface area contributed by atoms with Crippen LogP contribution in [-0.4, -0.2) is 14.5 Å². The van der Waals surface area contributed by atoms with E-state index in [1.807, 2.05) is 0 Å². The molecule has 2 aromatic rings. The van der Waals surface area contributed by atoms with E-state index in [0.29, 0.717) is 0 Å². The lowest BCUT2D eigenvalue weighted by molar-refractivity contribution is -0.136. The quantitative estimate of drug-likeness (QED) is 0.657. The van der Waals surface area contributed by atoms with Gasteiger partial charge < -0.3 is 4.57 Å². The molecule has 0 N–H and O–H groups in total. The molecular weight excluding hydrogens is 231 g/mol. The topological polar surface area (TPSA) is 30.7 Å². The van der Waals surface area contributed by atoms with E-state index in [1.165, 1.54) is 17.9 Å². The van der Waals surface area contributed by atoms with Crippen LogP contribution in [0.5, 0.6) is 0 Å². The largest absolute Gasteiger partial charge is 0.418 e. The number of alkyl halides is 3. The first-order chi connectivity index (χ1) is 6.89. The average molecular weight is 236 g/mol. The Hall–Kier alpha value is -1.30. The lowest BCUT2D eigenvalue weighted by Gasteiger charge is -2.08. The van der Waals surface area contributed by atoms with Crippen molar-refractivity contribution in [2.45, 2.75) is 6.18 Å². The lowest BCUT2D eigenvalue weighted by Crippen LogP contribution is -2.08. The normalized spacial score (nSPS) is 12.3. The molecule has 0 aromatic carbocycles. The first-order valence-electron chi connectivity index (χ1n) is 3.94. The number of imidazole rings is 1. The van der Waals surface area contributed by atoms with E-state index in [0.717, 1.165) is 6.07 Å². The van der Waals surface area contributed by atoms with Crippen LogP contribution in [0.4, 0.5) is 13.2 Å². The van der Waals surface area contributed by atoms with Crippen LogP contribution in [0.2, 0.25) is 5.15 Å². The van der Waals surface area contributed by atoms with Crippen molar-refractivity contribution in [2.75, 3.05) is 0 Å². The molecule has 0 saturated heterocycles. The lowest BCUT2D eigenvalue weighted by atomic mass is 10.2. The van der Waals surface area contributed by atoms with Crippen LogP contribution in [0.15, 0.2) is 12.4 Å². The van der Waals surface area contributed by atoms with Gasteiger partial charge in [0.2, 0.25) is 0 Å². The summed E-state index contributed by atoms with van der Waals surface area (Å²) in [6.45, 7) is 0. The minimum atomic E-state index is -4.46. The van der Waals surface area contributed by atoms with Crippen molar-refractivity contribution >= 4 is 22.8 Å². The Labute approximate surface area is 87.5 Å². The summed E-state index contributed by atoms with van der Waals surface area (Å²) < 4.78 is 39.1. The highest BCUT2D eigenvalue weighted by molar-refractivity contribution is 6.29. The minimum Gasteiger partial charge on any atom is -0.332 e. The third-order valence-corrected chi connectivity index (χ3v) is 2.15. The molecule has 2 rings (SSSR count). The van der Waals surface area contributed by atoms with E-state index in [9.17, 15) is 13.2 Å². The van der Waals surface area contributed by atoms with Crippen molar-refractivity contribution in [2.24, 2.45) is 7.05 Å². The molecule has 80 valence electrons. The number of aromatic nitrogens is 3. The molecule has 0 bridgehead atoms. The Balaban J connectivity index is 2.87. The van der Waals surface area contributed by atoms with Crippen LogP contribution >= 0.6 is 11.6 Å². The van der Waals surface area contributed by atoms with E-state index < -0.39 is 11.7 Å². The predicted octanol–water partition coefficient (Wildman–Crippen LogP) is 2.64. The third kappa shape index (κ3) is 1.65. The SMILES string of the molecule is Cn1cnc2nc(Cl)cc(C(F)(F)F)c21. The van der Waals surface area contributed by atoms with Gasteiger partial charge in [-0.3, -0.25) is 0 Å². The van der Waals surface area contributed by atoms with Gasteiger partial charge in [-0.15, -0.1) is 0 Å². The summed E-state index contributed by atoms with van der Waals surface area (Å²) in [4.78, 5) is 7.42. The van der Waals surface area contributed by atoms with Crippen molar-refractivity contribution in [1.82, 2.24) is 14.5 Å². The van der Waals surface area contributed by atoms with Gasteiger partial charge >= 0.3 is 6.18 Å². The molecule has 3 nitrogen and oxygen atoms in total. The summed E-state index contributed by atoms with van der Waals surface area (Å²) in [5, 5.41) is -0.214. The molecule has 0 spiro atoms. The Morgan fingerprint density at radius 3 is 2.67 bits per heavy atom. The maximum absolute atomic E-state index is 12.6. The van der Waals surface area contributed by atoms with Gasteiger partial charge in [-0.25, -0.2) is 9.97 Å². The second-order valence-corrected chi connectivity index (χ2v) is 3.41. The van der Waals surface area contributed by atoms with Crippen LogP contribution < -0.4 is 0 Å². The summed E-state index contributed by atoms with van der Waals surface area (Å²) in [7, 11) is 1.47. The highest BCUT2D eigenvalue weighted by atomic mass is 35.5. The molecular formula is C8H5ClF3N3. The first-order valence-corrected chi connectivity index (χ1v) is 4.32. The molecule has 2 aromatic heterocycles. The number of aryl methyl sites for hydroxylation is 1. The molecule has 0 aliphatic rings. The van der Waals surface area contributed by atoms with Gasteiger partial charge in [-0.05, 0) is 6.07 Å². The molecule has 0 fully saturated rings. The standard InChI is InChI=1S/C8H5ClF3N3/c1-15-3-13-7-6(15)4(8(10,11)12)2-5(9)14-7/h2-3H,1H3. The van der Waals surface area contributed by atoms with Crippen molar-refractivity contribution in [3.05, 3.63) is 23.1 Å². The fraction of sp³-hybridized carbons (Fsp3) is 0.250. The van der Waals surface area contributed by atoms with Gasteiger partial charge in [0.15, 0.2) is 5.65 Å². The summed E-state index contributed by atoms with van der Waals surface area (Å²) in [5.74, 6) is 0. The monoisotopic (exact) mass is 235 g/mol. The molecule has 0 unspecified atom stereocenters. The number of pyridine rings is 1. The number of rotatable bonds is 0. The Morgan fingerprint density at radius 1 is 1.40 bits per heavy atom. The molecule has 0 atom stereocenters. The zero-order valence-corrected chi connectivity index (χ0v) is 8.26. The van der Waals surface area contributed by atoms with Crippen LogP contribution in [0, 0.1) is 0 Å². The molecule has 2 heterocycles. The summed E-state index contributed by atoms with van der Waals surface area (Å²) >= 11 is 5.48. The van der Waals surface area contributed by atoms with Crippen molar-refractivity contribution in [3.8, 4) is 0 Å². The van der Waals surface area contributed by atoms with Crippen LogP contribution in [0.3, 0.4) is 0 Å². The second-order valence-electron chi connectivity index (χ2n) is 3.02. The Bertz CT molecular complexity index is 518. The third-order valence-electron chi connectivity index (χ3n) is 1.95. The zero-order valence-electron chi connectivity index (χ0n) is 7.51. The predicted molar refractivity (Wildman–Crippen MR) is 48.5 cm³/mol. The maximum Gasteiger partial charge on any atom is 0.418 e. The van der Waals surface area contributed by atoms with E-state index in [-0.39, 0.29) is 16.3 Å².